The monoisotopic (exact) mass is 847 g/mol. The lowest BCUT2D eigenvalue weighted by molar-refractivity contribution is -0.302. The number of rotatable bonds is 8. The second kappa shape index (κ2) is 22.2. The third-order valence-electron chi connectivity index (χ3n) is 13.1. The summed E-state index contributed by atoms with van der Waals surface area (Å²) in [4.78, 5) is 69.4. The van der Waals surface area contributed by atoms with Crippen LogP contribution in [0.5, 0.6) is 0 Å². The number of cyclic esters (lactones) is 1. The fourth-order valence-corrected chi connectivity index (χ4v) is 9.56. The van der Waals surface area contributed by atoms with E-state index in [1.165, 1.54) is 27.4 Å². The maximum absolute atomic E-state index is 14.3. The second-order valence-corrected chi connectivity index (χ2v) is 17.7. The van der Waals surface area contributed by atoms with Crippen molar-refractivity contribution >= 4 is 29.4 Å². The summed E-state index contributed by atoms with van der Waals surface area (Å²) in [7, 11) is 4.52. The Labute approximate surface area is 354 Å². The molecule has 14 atom stereocenters. The van der Waals surface area contributed by atoms with E-state index < -0.39 is 95.9 Å². The van der Waals surface area contributed by atoms with Gasteiger partial charge in [0.15, 0.2) is 0 Å². The van der Waals surface area contributed by atoms with E-state index in [9.17, 15) is 44.4 Å². The van der Waals surface area contributed by atoms with Gasteiger partial charge in [0.25, 0.3) is 11.7 Å². The SMILES string of the molecule is CO[C@H]1C[C@@H](C)C/C(C)=C/[C@@H](C/C=C/C(=O)O)C(=O)C[C@H](O)[C@@H](C)[C@@H](/C(C)=C/[C@@H]2CC[C@@H](O)[C@H](OC)C2)OC(=O)[C@@H]2CCCCN2C(=O)C(=O)[C@]2(O)O[C@H]1[C@@H](OC)C[C@H]2C. The van der Waals surface area contributed by atoms with Crippen LogP contribution in [-0.2, 0) is 47.7 Å². The number of allylic oxidation sites excluding steroid dienone is 4. The van der Waals surface area contributed by atoms with E-state index in [4.69, 9.17) is 23.7 Å². The van der Waals surface area contributed by atoms with E-state index in [0.717, 1.165) is 16.5 Å². The first kappa shape index (κ1) is 49.3. The number of carbonyl (C=O) groups is 5. The molecule has 15 nitrogen and oxygen atoms in total. The van der Waals surface area contributed by atoms with Crippen LogP contribution in [0.1, 0.15) is 105 Å². The first-order chi connectivity index (χ1) is 28.3. The summed E-state index contributed by atoms with van der Waals surface area (Å²) < 4.78 is 29.7. The molecule has 2 saturated heterocycles. The van der Waals surface area contributed by atoms with Crippen molar-refractivity contribution in [1.29, 1.82) is 0 Å². The van der Waals surface area contributed by atoms with Gasteiger partial charge in [0, 0.05) is 58.1 Å². The largest absolute Gasteiger partial charge is 0.478 e. The molecule has 4 N–H and O–H groups in total. The molecule has 15 heteroatoms. The maximum Gasteiger partial charge on any atom is 0.329 e. The van der Waals surface area contributed by atoms with Gasteiger partial charge in [-0.15, -0.1) is 0 Å². The minimum atomic E-state index is -2.55. The topological polar surface area (TPSA) is 216 Å². The molecule has 0 radical (unpaired) electrons. The van der Waals surface area contributed by atoms with Crippen LogP contribution in [-0.4, -0.2) is 137 Å². The average molecular weight is 848 g/mol. The lowest BCUT2D eigenvalue weighted by Gasteiger charge is -2.47. The highest BCUT2D eigenvalue weighted by molar-refractivity contribution is 6.39. The molecule has 0 aromatic heterocycles. The quantitative estimate of drug-likeness (QED) is 0.117. The molecule has 3 fully saturated rings. The Bertz CT molecular complexity index is 1610. The Morgan fingerprint density at radius 1 is 0.917 bits per heavy atom. The maximum atomic E-state index is 14.3. The van der Waals surface area contributed by atoms with Gasteiger partial charge >= 0.3 is 11.9 Å². The van der Waals surface area contributed by atoms with Gasteiger partial charge in [0.1, 0.15) is 24.0 Å². The molecular formula is C45H69NO14. The molecule has 0 unspecified atom stereocenters. The minimum absolute atomic E-state index is 0.0518. The number of aliphatic carboxylic acids is 1. The zero-order valence-corrected chi connectivity index (χ0v) is 36.6. The molecule has 1 saturated carbocycles. The number of hydrogen-bond acceptors (Lipinski definition) is 13. The number of ether oxygens (including phenoxy) is 5. The van der Waals surface area contributed by atoms with E-state index in [1.807, 2.05) is 19.9 Å². The molecule has 4 aliphatic rings. The highest BCUT2D eigenvalue weighted by Gasteiger charge is 2.56. The predicted octanol–water partition coefficient (Wildman–Crippen LogP) is 4.09. The van der Waals surface area contributed by atoms with E-state index in [1.54, 1.807) is 26.8 Å². The van der Waals surface area contributed by atoms with E-state index in [2.05, 4.69) is 0 Å². The van der Waals surface area contributed by atoms with Gasteiger partial charge in [0.05, 0.1) is 30.5 Å². The van der Waals surface area contributed by atoms with Crippen molar-refractivity contribution in [3.8, 4) is 0 Å². The summed E-state index contributed by atoms with van der Waals surface area (Å²) in [5.74, 6) is -9.74. The molecule has 2 bridgehead atoms. The Morgan fingerprint density at radius 3 is 2.23 bits per heavy atom. The molecule has 4 rings (SSSR count). The number of carboxylic acid groups (broad SMARTS) is 1. The number of hydrogen-bond donors (Lipinski definition) is 4. The van der Waals surface area contributed by atoms with Gasteiger partial charge in [-0.2, -0.15) is 0 Å². The summed E-state index contributed by atoms with van der Waals surface area (Å²) in [6, 6.07) is -1.19. The van der Waals surface area contributed by atoms with Crippen LogP contribution < -0.4 is 0 Å². The third-order valence-corrected chi connectivity index (χ3v) is 13.1. The molecule has 0 aromatic carbocycles. The van der Waals surface area contributed by atoms with Crippen molar-refractivity contribution in [1.82, 2.24) is 4.90 Å². The molecule has 1 aliphatic carbocycles. The van der Waals surface area contributed by atoms with Crippen molar-refractivity contribution in [2.45, 2.75) is 160 Å². The van der Waals surface area contributed by atoms with Crippen LogP contribution in [0.4, 0.5) is 0 Å². The first-order valence-corrected chi connectivity index (χ1v) is 21.5. The number of fused-ring (bicyclic) bond motifs is 3. The smallest absolute Gasteiger partial charge is 0.329 e. The number of nitrogens with zero attached hydrogens (tertiary/aromatic N) is 1. The third kappa shape index (κ3) is 12.2. The fraction of sp³-hybridized carbons (Fsp3) is 0.756. The molecule has 338 valence electrons. The van der Waals surface area contributed by atoms with Gasteiger partial charge in [-0.25, -0.2) is 9.59 Å². The zero-order valence-electron chi connectivity index (χ0n) is 36.6. The Kier molecular flexibility index (Phi) is 18.2. The predicted molar refractivity (Wildman–Crippen MR) is 219 cm³/mol. The van der Waals surface area contributed by atoms with Gasteiger partial charge in [-0.05, 0) is 95.5 Å². The summed E-state index contributed by atoms with van der Waals surface area (Å²) in [6.07, 6.45) is 4.16. The van der Waals surface area contributed by atoms with E-state index >= 15 is 0 Å². The molecular weight excluding hydrogens is 778 g/mol. The molecule has 60 heavy (non-hydrogen) atoms. The number of aliphatic hydroxyl groups is 3. The fourth-order valence-electron chi connectivity index (χ4n) is 9.56. The first-order valence-electron chi connectivity index (χ1n) is 21.5. The highest BCUT2D eigenvalue weighted by atomic mass is 16.7. The Morgan fingerprint density at radius 2 is 1.58 bits per heavy atom. The molecule has 1 amide bonds. The van der Waals surface area contributed by atoms with Crippen LogP contribution in [0.25, 0.3) is 0 Å². The minimum Gasteiger partial charge on any atom is -0.478 e. The summed E-state index contributed by atoms with van der Waals surface area (Å²) in [5, 5.41) is 43.5. The van der Waals surface area contributed by atoms with Crippen LogP contribution in [0.15, 0.2) is 35.5 Å². The Balaban J connectivity index is 1.80. The van der Waals surface area contributed by atoms with Crippen molar-refractivity contribution in [2.75, 3.05) is 27.9 Å². The zero-order chi connectivity index (χ0) is 44.5. The number of piperidine rings is 1. The molecule has 3 aliphatic heterocycles. The summed E-state index contributed by atoms with van der Waals surface area (Å²) in [6.45, 7) is 8.95. The number of carbonyl (C=O) groups excluding carboxylic acids is 4. The highest BCUT2D eigenvalue weighted by Crippen LogP contribution is 2.39. The number of methoxy groups -OCH3 is 3. The van der Waals surface area contributed by atoms with Gasteiger partial charge < -0.3 is 49.0 Å². The number of amides is 1. The van der Waals surface area contributed by atoms with Gasteiger partial charge in [-0.3, -0.25) is 14.4 Å². The van der Waals surface area contributed by atoms with Crippen molar-refractivity contribution < 1.29 is 68.1 Å². The number of aliphatic hydroxyl groups excluding tert-OH is 2. The second-order valence-electron chi connectivity index (χ2n) is 17.7. The van der Waals surface area contributed by atoms with Crippen molar-refractivity contribution in [3.63, 3.8) is 0 Å². The van der Waals surface area contributed by atoms with Gasteiger partial charge in [0.2, 0.25) is 5.79 Å². The molecule has 0 aromatic rings. The lowest BCUT2D eigenvalue weighted by Crippen LogP contribution is -2.64. The van der Waals surface area contributed by atoms with Crippen molar-refractivity contribution in [2.24, 2.45) is 29.6 Å². The van der Waals surface area contributed by atoms with Crippen LogP contribution in [0.2, 0.25) is 0 Å². The lowest BCUT2D eigenvalue weighted by atomic mass is 9.81. The molecule has 3 heterocycles. The van der Waals surface area contributed by atoms with E-state index in [-0.39, 0.29) is 49.8 Å². The number of esters is 1. The Hall–Kier alpha value is -3.31. The van der Waals surface area contributed by atoms with Crippen LogP contribution in [0.3, 0.4) is 0 Å². The van der Waals surface area contributed by atoms with Crippen LogP contribution >= 0.6 is 0 Å². The summed E-state index contributed by atoms with van der Waals surface area (Å²) >= 11 is 0. The number of Topliss-reactive ketones (excluding diaryl/α,β-unsaturated/α-hetero) is 2. The summed E-state index contributed by atoms with van der Waals surface area (Å²) in [5.41, 5.74) is 1.43. The normalized spacial score (nSPS) is 39.6. The standard InChI is InChI=1S/C45H69NO14/c1-25-18-26(2)20-37(57-7)41-38(58-8)22-28(4)45(55,60-41)42(52)43(53)46-17-10-9-13-32(46)44(54)59-40(27(3)21-30-15-16-33(47)36(23-30)56-6)29(5)34(48)24-35(49)31(19-25)12-11-14-39(50)51/h11,14,19,21,26,28-34,36-38,40-41,47-48,55H,9-10,12-13,15-18,20,22-24H2,1-8H3,(H,50,51)/b14-11+,25-19+,27-21+/t26-,28+,29+,30-,31+,32-,33+,34-,36+,37-,38-,40+,41+,45+/m0/s1. The number of carboxylic acids is 1. The molecule has 0 spiro atoms. The van der Waals surface area contributed by atoms with E-state index in [0.29, 0.717) is 50.5 Å². The average Bonchev–Trinajstić information content (AvgIpc) is 3.21. The van der Waals surface area contributed by atoms with Gasteiger partial charge in [-0.1, -0.05) is 44.6 Å². The van der Waals surface area contributed by atoms with Crippen LogP contribution in [0, 0.1) is 29.6 Å². The number of ketones is 2. The van der Waals surface area contributed by atoms with Crippen molar-refractivity contribution in [3.05, 3.63) is 35.5 Å².